The van der Waals surface area contributed by atoms with Crippen molar-refractivity contribution in [2.24, 2.45) is 0 Å². The molecule has 0 aromatic heterocycles. The van der Waals surface area contributed by atoms with Crippen molar-refractivity contribution in [1.82, 2.24) is 5.32 Å². The second-order valence-electron chi connectivity index (χ2n) is 5.70. The fraction of sp³-hybridized carbons (Fsp3) is 0.368. The van der Waals surface area contributed by atoms with E-state index in [9.17, 15) is 0 Å². The van der Waals surface area contributed by atoms with Gasteiger partial charge in [0.15, 0.2) is 23.0 Å². The summed E-state index contributed by atoms with van der Waals surface area (Å²) in [5.74, 6) is 3.20. The maximum absolute atomic E-state index is 5.48. The van der Waals surface area contributed by atoms with Crippen LogP contribution in [0.1, 0.15) is 22.6 Å². The number of hydrogen-bond donors (Lipinski definition) is 1. The fourth-order valence-corrected chi connectivity index (χ4v) is 3.24. The topological polar surface area (TPSA) is 49.0 Å². The number of ether oxygens (including phenoxy) is 4. The minimum atomic E-state index is 0.216. The molecular formula is C19H23NO4. The van der Waals surface area contributed by atoms with E-state index in [1.807, 2.05) is 18.2 Å². The lowest BCUT2D eigenvalue weighted by molar-refractivity contribution is 0.352. The molecule has 128 valence electrons. The Morgan fingerprint density at radius 2 is 1.42 bits per heavy atom. The lowest BCUT2D eigenvalue weighted by atomic mass is 9.85. The Labute approximate surface area is 142 Å². The van der Waals surface area contributed by atoms with Crippen LogP contribution < -0.4 is 24.3 Å². The van der Waals surface area contributed by atoms with Crippen LogP contribution >= 0.6 is 0 Å². The van der Waals surface area contributed by atoms with Crippen LogP contribution in [0.15, 0.2) is 30.3 Å². The van der Waals surface area contributed by atoms with Gasteiger partial charge in [-0.25, -0.2) is 0 Å². The van der Waals surface area contributed by atoms with Crippen molar-refractivity contribution in [3.8, 4) is 23.0 Å². The molecule has 1 aliphatic heterocycles. The molecule has 0 saturated heterocycles. The van der Waals surface area contributed by atoms with Gasteiger partial charge < -0.3 is 24.3 Å². The highest BCUT2D eigenvalue weighted by Crippen LogP contribution is 2.40. The molecule has 1 N–H and O–H groups in total. The minimum Gasteiger partial charge on any atom is -0.493 e. The summed E-state index contributed by atoms with van der Waals surface area (Å²) < 4.78 is 21.7. The van der Waals surface area contributed by atoms with Crippen LogP contribution in [0.4, 0.5) is 0 Å². The molecule has 0 saturated carbocycles. The van der Waals surface area contributed by atoms with Crippen LogP contribution in [0, 0.1) is 0 Å². The molecule has 5 heteroatoms. The molecule has 3 rings (SSSR count). The Bertz CT molecular complexity index is 730. The molecule has 1 aliphatic rings. The van der Waals surface area contributed by atoms with Crippen LogP contribution in [0.5, 0.6) is 23.0 Å². The van der Waals surface area contributed by atoms with Crippen LogP contribution in [0.2, 0.25) is 0 Å². The van der Waals surface area contributed by atoms with Gasteiger partial charge in [0, 0.05) is 19.0 Å². The molecule has 1 atom stereocenters. The van der Waals surface area contributed by atoms with E-state index in [0.717, 1.165) is 36.1 Å². The highest BCUT2D eigenvalue weighted by molar-refractivity contribution is 5.53. The third-order valence-electron chi connectivity index (χ3n) is 4.49. The van der Waals surface area contributed by atoms with E-state index in [0.29, 0.717) is 0 Å². The Kier molecular flexibility index (Phi) is 4.81. The first kappa shape index (κ1) is 16.5. The van der Waals surface area contributed by atoms with Crippen molar-refractivity contribution >= 4 is 0 Å². The minimum absolute atomic E-state index is 0.216. The van der Waals surface area contributed by atoms with Crippen LogP contribution in [0.3, 0.4) is 0 Å². The van der Waals surface area contributed by atoms with Gasteiger partial charge in [-0.1, -0.05) is 6.07 Å². The predicted molar refractivity (Wildman–Crippen MR) is 92.6 cm³/mol. The molecule has 24 heavy (non-hydrogen) atoms. The summed E-state index contributed by atoms with van der Waals surface area (Å²) in [4.78, 5) is 0. The molecule has 1 heterocycles. The maximum atomic E-state index is 5.48. The molecule has 0 radical (unpaired) electrons. The Hall–Kier alpha value is -2.40. The Morgan fingerprint density at radius 1 is 0.792 bits per heavy atom. The van der Waals surface area contributed by atoms with Crippen LogP contribution in [0.25, 0.3) is 0 Å². The largest absolute Gasteiger partial charge is 0.493 e. The Balaban J connectivity index is 2.06. The van der Waals surface area contributed by atoms with Gasteiger partial charge in [-0.15, -0.1) is 0 Å². The molecule has 0 unspecified atom stereocenters. The fourth-order valence-electron chi connectivity index (χ4n) is 3.24. The molecule has 2 aromatic carbocycles. The SMILES string of the molecule is COc1ccc([C@H]2CNCc3cc(OC)c(OC)cc32)cc1OC. The molecular weight excluding hydrogens is 306 g/mol. The van der Waals surface area contributed by atoms with Gasteiger partial charge in [-0.05, 0) is 41.0 Å². The standard InChI is InChI=1S/C19H23NO4/c1-21-16-6-5-12(7-17(16)22-2)15-11-20-10-13-8-18(23-3)19(24-4)9-14(13)15/h5-9,15,20H,10-11H2,1-4H3/t15-/m1/s1. The highest BCUT2D eigenvalue weighted by Gasteiger charge is 2.25. The second kappa shape index (κ2) is 7.01. The van der Waals surface area contributed by atoms with Crippen molar-refractivity contribution in [3.63, 3.8) is 0 Å². The number of benzene rings is 2. The zero-order valence-electron chi connectivity index (χ0n) is 14.5. The number of methoxy groups -OCH3 is 4. The van der Waals surface area contributed by atoms with Crippen molar-refractivity contribution in [3.05, 3.63) is 47.0 Å². The predicted octanol–water partition coefficient (Wildman–Crippen LogP) is 2.96. The van der Waals surface area contributed by atoms with E-state index in [1.165, 1.54) is 16.7 Å². The highest BCUT2D eigenvalue weighted by atomic mass is 16.5. The molecule has 2 aromatic rings. The first-order valence-electron chi connectivity index (χ1n) is 7.89. The first-order valence-corrected chi connectivity index (χ1v) is 7.89. The van der Waals surface area contributed by atoms with Crippen LogP contribution in [-0.2, 0) is 6.54 Å². The molecule has 0 amide bonds. The summed E-state index contributed by atoms with van der Waals surface area (Å²) in [6, 6.07) is 10.2. The van der Waals surface area contributed by atoms with Crippen LogP contribution in [-0.4, -0.2) is 35.0 Å². The monoisotopic (exact) mass is 329 g/mol. The van der Waals surface area contributed by atoms with E-state index in [4.69, 9.17) is 18.9 Å². The van der Waals surface area contributed by atoms with Gasteiger partial charge in [0.2, 0.25) is 0 Å². The molecule has 0 fully saturated rings. The number of hydrogen-bond acceptors (Lipinski definition) is 5. The molecule has 0 aliphatic carbocycles. The normalized spacial score (nSPS) is 16.2. The van der Waals surface area contributed by atoms with Gasteiger partial charge in [0.1, 0.15) is 0 Å². The number of fused-ring (bicyclic) bond motifs is 1. The first-order chi connectivity index (χ1) is 11.7. The quantitative estimate of drug-likeness (QED) is 0.914. The number of nitrogens with one attached hydrogen (secondary N) is 1. The summed E-state index contributed by atoms with van der Waals surface area (Å²) in [5, 5.41) is 3.48. The average Bonchev–Trinajstić information content (AvgIpc) is 2.65. The number of rotatable bonds is 5. The third-order valence-corrected chi connectivity index (χ3v) is 4.49. The van der Waals surface area contributed by atoms with E-state index < -0.39 is 0 Å². The zero-order chi connectivity index (χ0) is 17.1. The van der Waals surface area contributed by atoms with Crippen molar-refractivity contribution < 1.29 is 18.9 Å². The average molecular weight is 329 g/mol. The Morgan fingerprint density at radius 3 is 2.08 bits per heavy atom. The third kappa shape index (κ3) is 2.87. The zero-order valence-corrected chi connectivity index (χ0v) is 14.5. The van der Waals surface area contributed by atoms with Crippen molar-refractivity contribution in [1.29, 1.82) is 0 Å². The van der Waals surface area contributed by atoms with E-state index in [2.05, 4.69) is 17.4 Å². The smallest absolute Gasteiger partial charge is 0.161 e. The molecule has 0 bridgehead atoms. The molecule has 0 spiro atoms. The van der Waals surface area contributed by atoms with Gasteiger partial charge in [-0.3, -0.25) is 0 Å². The van der Waals surface area contributed by atoms with Gasteiger partial charge >= 0.3 is 0 Å². The summed E-state index contributed by atoms with van der Waals surface area (Å²) >= 11 is 0. The van der Waals surface area contributed by atoms with E-state index in [-0.39, 0.29) is 5.92 Å². The summed E-state index contributed by atoms with van der Waals surface area (Å²) in [6.45, 7) is 1.68. The summed E-state index contributed by atoms with van der Waals surface area (Å²) in [6.07, 6.45) is 0. The maximum Gasteiger partial charge on any atom is 0.161 e. The summed E-state index contributed by atoms with van der Waals surface area (Å²) in [5.41, 5.74) is 3.64. The van der Waals surface area contributed by atoms with Crippen molar-refractivity contribution in [2.75, 3.05) is 35.0 Å². The lowest BCUT2D eigenvalue weighted by Crippen LogP contribution is -2.29. The summed E-state index contributed by atoms with van der Waals surface area (Å²) in [7, 11) is 6.62. The van der Waals surface area contributed by atoms with Gasteiger partial charge in [0.05, 0.1) is 28.4 Å². The van der Waals surface area contributed by atoms with Gasteiger partial charge in [-0.2, -0.15) is 0 Å². The van der Waals surface area contributed by atoms with E-state index in [1.54, 1.807) is 28.4 Å². The molecule has 5 nitrogen and oxygen atoms in total. The van der Waals surface area contributed by atoms with Gasteiger partial charge in [0.25, 0.3) is 0 Å². The van der Waals surface area contributed by atoms with E-state index >= 15 is 0 Å². The lowest BCUT2D eigenvalue weighted by Gasteiger charge is -2.28. The second-order valence-corrected chi connectivity index (χ2v) is 5.70. The van der Waals surface area contributed by atoms with Crippen molar-refractivity contribution in [2.45, 2.75) is 12.5 Å².